The number of sulfonamides is 1. The summed E-state index contributed by atoms with van der Waals surface area (Å²) >= 11 is 0. The molecule has 0 radical (unpaired) electrons. The van der Waals surface area contributed by atoms with Gasteiger partial charge in [-0.3, -0.25) is 9.58 Å². The van der Waals surface area contributed by atoms with Crippen LogP contribution in [0.15, 0.2) is 41.6 Å². The van der Waals surface area contributed by atoms with Gasteiger partial charge in [-0.2, -0.15) is 9.40 Å². The van der Waals surface area contributed by atoms with Crippen LogP contribution in [0.2, 0.25) is 0 Å². The number of aromatic nitrogens is 2. The van der Waals surface area contributed by atoms with E-state index in [0.717, 1.165) is 31.3 Å². The van der Waals surface area contributed by atoms with E-state index in [0.29, 0.717) is 13.1 Å². The minimum atomic E-state index is -4.02. The normalized spacial score (nSPS) is 17.2. The molecule has 2 heterocycles. The summed E-state index contributed by atoms with van der Waals surface area (Å²) in [7, 11) is -4.02. The van der Waals surface area contributed by atoms with E-state index in [9.17, 15) is 17.2 Å². The van der Waals surface area contributed by atoms with Gasteiger partial charge in [0.2, 0.25) is 10.0 Å². The smallest absolute Gasteiger partial charge is 0.246 e. The Kier molecular flexibility index (Phi) is 4.93. The maximum absolute atomic E-state index is 13.8. The minimum Gasteiger partial charge on any atom is -0.299 e. The van der Waals surface area contributed by atoms with Gasteiger partial charge in [0.05, 0.1) is 6.54 Å². The molecule has 130 valence electrons. The van der Waals surface area contributed by atoms with Crippen molar-refractivity contribution in [1.29, 1.82) is 0 Å². The molecular formula is C15H18F2N4O2S. The highest BCUT2D eigenvalue weighted by atomic mass is 32.2. The van der Waals surface area contributed by atoms with Crippen LogP contribution in [-0.2, 0) is 16.6 Å². The summed E-state index contributed by atoms with van der Waals surface area (Å²) in [6.07, 6.45) is 3.57. The van der Waals surface area contributed by atoms with E-state index >= 15 is 0 Å². The Bertz CT molecular complexity index is 788. The molecule has 1 aliphatic rings. The zero-order chi connectivity index (χ0) is 17.2. The van der Waals surface area contributed by atoms with Gasteiger partial charge in [-0.05, 0) is 24.3 Å². The van der Waals surface area contributed by atoms with Gasteiger partial charge in [-0.1, -0.05) is 0 Å². The first-order valence-electron chi connectivity index (χ1n) is 7.62. The topological polar surface area (TPSA) is 58.4 Å². The van der Waals surface area contributed by atoms with Gasteiger partial charge in [0.1, 0.15) is 16.5 Å². The van der Waals surface area contributed by atoms with Gasteiger partial charge in [0, 0.05) is 45.1 Å². The van der Waals surface area contributed by atoms with E-state index < -0.39 is 26.6 Å². The quantitative estimate of drug-likeness (QED) is 0.807. The SMILES string of the molecule is O=S(=O)(c1cc(F)ccc1F)N1CCN(CCn2cccn2)CC1. The molecule has 1 aliphatic heterocycles. The molecule has 0 unspecified atom stereocenters. The summed E-state index contributed by atoms with van der Waals surface area (Å²) in [6.45, 7) is 3.05. The highest BCUT2D eigenvalue weighted by molar-refractivity contribution is 7.89. The van der Waals surface area contributed by atoms with Crippen LogP contribution in [0.3, 0.4) is 0 Å². The molecule has 0 spiro atoms. The lowest BCUT2D eigenvalue weighted by Gasteiger charge is -2.33. The molecule has 1 fully saturated rings. The van der Waals surface area contributed by atoms with Crippen molar-refractivity contribution in [3.63, 3.8) is 0 Å². The number of piperazine rings is 1. The molecule has 9 heteroatoms. The van der Waals surface area contributed by atoms with Gasteiger partial charge >= 0.3 is 0 Å². The second-order valence-electron chi connectivity index (χ2n) is 5.59. The molecular weight excluding hydrogens is 338 g/mol. The number of benzene rings is 1. The van der Waals surface area contributed by atoms with E-state index in [1.165, 1.54) is 4.31 Å². The third kappa shape index (κ3) is 3.63. The van der Waals surface area contributed by atoms with Crippen LogP contribution in [0.4, 0.5) is 8.78 Å². The summed E-state index contributed by atoms with van der Waals surface area (Å²) in [4.78, 5) is 1.52. The van der Waals surface area contributed by atoms with Gasteiger partial charge in [0.25, 0.3) is 0 Å². The van der Waals surface area contributed by atoms with Crippen LogP contribution in [0, 0.1) is 11.6 Å². The molecule has 6 nitrogen and oxygen atoms in total. The molecule has 0 aliphatic carbocycles. The lowest BCUT2D eigenvalue weighted by atomic mass is 10.3. The lowest BCUT2D eigenvalue weighted by Crippen LogP contribution is -2.49. The fourth-order valence-corrected chi connectivity index (χ4v) is 4.18. The standard InChI is InChI=1S/C15H18F2N4O2S/c16-13-2-3-14(17)15(12-13)24(22,23)21-10-7-19(8-11-21)6-9-20-5-1-4-18-20/h1-5,12H,6-11H2. The number of rotatable bonds is 5. The second kappa shape index (κ2) is 6.96. The predicted molar refractivity (Wildman–Crippen MR) is 83.8 cm³/mol. The number of nitrogens with zero attached hydrogens (tertiary/aromatic N) is 4. The summed E-state index contributed by atoms with van der Waals surface area (Å²) in [5, 5.41) is 4.12. The first kappa shape index (κ1) is 17.0. The van der Waals surface area contributed by atoms with Gasteiger partial charge in [-0.15, -0.1) is 0 Å². The van der Waals surface area contributed by atoms with E-state index in [1.807, 2.05) is 16.9 Å². The maximum Gasteiger partial charge on any atom is 0.246 e. The highest BCUT2D eigenvalue weighted by Gasteiger charge is 2.30. The van der Waals surface area contributed by atoms with Crippen molar-refractivity contribution in [2.45, 2.75) is 11.4 Å². The Morgan fingerprint density at radius 2 is 1.83 bits per heavy atom. The van der Waals surface area contributed by atoms with Crippen LogP contribution in [0.1, 0.15) is 0 Å². The maximum atomic E-state index is 13.8. The van der Waals surface area contributed by atoms with Crippen molar-refractivity contribution >= 4 is 10.0 Å². The van der Waals surface area contributed by atoms with Crippen molar-refractivity contribution in [1.82, 2.24) is 19.0 Å². The van der Waals surface area contributed by atoms with E-state index in [4.69, 9.17) is 0 Å². The number of halogens is 2. The van der Waals surface area contributed by atoms with Crippen LogP contribution in [0.5, 0.6) is 0 Å². The zero-order valence-corrected chi connectivity index (χ0v) is 13.8. The second-order valence-corrected chi connectivity index (χ2v) is 7.50. The lowest BCUT2D eigenvalue weighted by molar-refractivity contribution is 0.180. The number of hydrogen-bond donors (Lipinski definition) is 0. The first-order chi connectivity index (χ1) is 11.5. The Morgan fingerprint density at radius 3 is 2.50 bits per heavy atom. The Balaban J connectivity index is 1.62. The fraction of sp³-hybridized carbons (Fsp3) is 0.400. The molecule has 0 amide bonds. The summed E-state index contributed by atoms with van der Waals surface area (Å²) in [5.74, 6) is -1.70. The van der Waals surface area contributed by atoms with E-state index in [1.54, 1.807) is 6.20 Å². The van der Waals surface area contributed by atoms with Crippen molar-refractivity contribution in [2.75, 3.05) is 32.7 Å². The molecule has 0 N–H and O–H groups in total. The predicted octanol–water partition coefficient (Wildman–Crippen LogP) is 1.17. The van der Waals surface area contributed by atoms with Gasteiger partial charge in [-0.25, -0.2) is 17.2 Å². The van der Waals surface area contributed by atoms with Gasteiger partial charge in [0.15, 0.2) is 0 Å². The molecule has 2 aromatic rings. The van der Waals surface area contributed by atoms with Crippen molar-refractivity contribution in [3.05, 3.63) is 48.3 Å². The van der Waals surface area contributed by atoms with Crippen LogP contribution in [-0.4, -0.2) is 60.1 Å². The average Bonchev–Trinajstić information content (AvgIpc) is 3.09. The Hall–Kier alpha value is -1.84. The summed E-state index contributed by atoms with van der Waals surface area (Å²) in [5.41, 5.74) is 0. The molecule has 1 aromatic carbocycles. The van der Waals surface area contributed by atoms with E-state index in [-0.39, 0.29) is 13.1 Å². The Labute approximate surface area is 139 Å². The van der Waals surface area contributed by atoms with Crippen LogP contribution in [0.25, 0.3) is 0 Å². The fourth-order valence-electron chi connectivity index (χ4n) is 2.68. The Morgan fingerprint density at radius 1 is 1.08 bits per heavy atom. The van der Waals surface area contributed by atoms with Crippen LogP contribution >= 0.6 is 0 Å². The largest absolute Gasteiger partial charge is 0.299 e. The van der Waals surface area contributed by atoms with Crippen molar-refractivity contribution in [3.8, 4) is 0 Å². The zero-order valence-electron chi connectivity index (χ0n) is 13.0. The molecule has 0 atom stereocenters. The van der Waals surface area contributed by atoms with Crippen LogP contribution < -0.4 is 0 Å². The highest BCUT2D eigenvalue weighted by Crippen LogP contribution is 2.21. The van der Waals surface area contributed by atoms with E-state index in [2.05, 4.69) is 10.00 Å². The molecule has 3 rings (SSSR count). The molecule has 1 aromatic heterocycles. The molecule has 0 saturated carbocycles. The third-order valence-corrected chi connectivity index (χ3v) is 5.96. The summed E-state index contributed by atoms with van der Waals surface area (Å²) < 4.78 is 55.1. The van der Waals surface area contributed by atoms with Gasteiger partial charge < -0.3 is 0 Å². The number of hydrogen-bond acceptors (Lipinski definition) is 4. The minimum absolute atomic E-state index is 0.247. The molecule has 24 heavy (non-hydrogen) atoms. The van der Waals surface area contributed by atoms with Crippen molar-refractivity contribution < 1.29 is 17.2 Å². The molecule has 1 saturated heterocycles. The van der Waals surface area contributed by atoms with Crippen molar-refractivity contribution in [2.24, 2.45) is 0 Å². The molecule has 0 bridgehead atoms. The average molecular weight is 356 g/mol. The first-order valence-corrected chi connectivity index (χ1v) is 9.06. The third-order valence-electron chi connectivity index (χ3n) is 4.05. The summed E-state index contributed by atoms with van der Waals surface area (Å²) in [6, 6.07) is 4.32. The monoisotopic (exact) mass is 356 g/mol.